The lowest BCUT2D eigenvalue weighted by Gasteiger charge is -2.36. The van der Waals surface area contributed by atoms with Gasteiger partial charge in [0.25, 0.3) is 0 Å². The predicted octanol–water partition coefficient (Wildman–Crippen LogP) is 3.17. The fourth-order valence-electron chi connectivity index (χ4n) is 4.07. The second-order valence-electron chi connectivity index (χ2n) is 7.71. The van der Waals surface area contributed by atoms with E-state index in [4.69, 9.17) is 0 Å². The van der Waals surface area contributed by atoms with E-state index in [1.165, 1.54) is 19.3 Å². The van der Waals surface area contributed by atoms with Crippen molar-refractivity contribution in [2.24, 2.45) is 5.92 Å². The first-order chi connectivity index (χ1) is 12.6. The number of hydrogen-bond acceptors (Lipinski definition) is 3. The number of anilines is 1. The van der Waals surface area contributed by atoms with Gasteiger partial charge in [0.15, 0.2) is 0 Å². The Morgan fingerprint density at radius 2 is 1.77 bits per heavy atom. The smallest absolute Gasteiger partial charge is 0.237 e. The molecule has 1 saturated heterocycles. The Hall–Kier alpha value is -1.88. The molecule has 26 heavy (non-hydrogen) atoms. The minimum atomic E-state index is -0.177. The zero-order valence-corrected chi connectivity index (χ0v) is 15.7. The molecule has 0 radical (unpaired) electrons. The maximum atomic E-state index is 12.6. The molecular weight excluding hydrogens is 326 g/mol. The standard InChI is InChI=1S/C21H31N3O2/c1-16(20(25)22-18-10-4-2-5-11-18)24-14-8-9-17(15-24)21(26)23-19-12-6-3-7-13-19/h3,6-7,12-13,16-18H,2,4-5,8-11,14-15H2,1H3,(H,22,25)(H,23,26)/t16-,17-/m1/s1. The fraction of sp³-hybridized carbons (Fsp3) is 0.619. The van der Waals surface area contributed by atoms with Crippen LogP contribution in [-0.4, -0.2) is 41.9 Å². The number of nitrogens with one attached hydrogen (secondary N) is 2. The summed E-state index contributed by atoms with van der Waals surface area (Å²) in [6.45, 7) is 3.50. The number of nitrogens with zero attached hydrogens (tertiary/aromatic N) is 1. The van der Waals surface area contributed by atoms with Crippen LogP contribution in [0.1, 0.15) is 51.9 Å². The Morgan fingerprint density at radius 3 is 2.50 bits per heavy atom. The summed E-state index contributed by atoms with van der Waals surface area (Å²) >= 11 is 0. The average molecular weight is 357 g/mol. The summed E-state index contributed by atoms with van der Waals surface area (Å²) in [6, 6.07) is 9.73. The quantitative estimate of drug-likeness (QED) is 0.851. The highest BCUT2D eigenvalue weighted by Gasteiger charge is 2.31. The Labute approximate surface area is 156 Å². The van der Waals surface area contributed by atoms with Gasteiger partial charge in [0.1, 0.15) is 0 Å². The topological polar surface area (TPSA) is 61.4 Å². The highest BCUT2D eigenvalue weighted by Crippen LogP contribution is 2.22. The van der Waals surface area contributed by atoms with E-state index in [1.54, 1.807) is 0 Å². The number of likely N-dealkylation sites (tertiary alicyclic amines) is 1. The Kier molecular flexibility index (Phi) is 6.67. The van der Waals surface area contributed by atoms with E-state index >= 15 is 0 Å². The molecule has 2 N–H and O–H groups in total. The molecule has 2 amide bonds. The van der Waals surface area contributed by atoms with Gasteiger partial charge in [-0.3, -0.25) is 14.5 Å². The number of amides is 2. The van der Waals surface area contributed by atoms with Crippen molar-refractivity contribution in [2.45, 2.75) is 64.0 Å². The van der Waals surface area contributed by atoms with Gasteiger partial charge in [-0.15, -0.1) is 0 Å². The van der Waals surface area contributed by atoms with Crippen molar-refractivity contribution < 1.29 is 9.59 Å². The number of benzene rings is 1. The fourth-order valence-corrected chi connectivity index (χ4v) is 4.07. The largest absolute Gasteiger partial charge is 0.352 e. The van der Waals surface area contributed by atoms with Gasteiger partial charge in [-0.2, -0.15) is 0 Å². The lowest BCUT2D eigenvalue weighted by Crippen LogP contribution is -2.52. The Morgan fingerprint density at radius 1 is 1.04 bits per heavy atom. The van der Waals surface area contributed by atoms with Crippen molar-refractivity contribution in [1.29, 1.82) is 0 Å². The first-order valence-corrected chi connectivity index (χ1v) is 10.0. The van der Waals surface area contributed by atoms with E-state index in [0.717, 1.165) is 37.9 Å². The van der Waals surface area contributed by atoms with E-state index in [1.807, 2.05) is 37.3 Å². The normalized spacial score (nSPS) is 23.2. The first kappa shape index (κ1) is 18.9. The van der Waals surface area contributed by atoms with Crippen LogP contribution in [0.25, 0.3) is 0 Å². The third-order valence-corrected chi connectivity index (χ3v) is 5.74. The number of para-hydroxylation sites is 1. The summed E-state index contributed by atoms with van der Waals surface area (Å²) < 4.78 is 0. The van der Waals surface area contributed by atoms with Crippen LogP contribution in [-0.2, 0) is 9.59 Å². The predicted molar refractivity (Wildman–Crippen MR) is 104 cm³/mol. The molecule has 0 unspecified atom stereocenters. The van der Waals surface area contributed by atoms with Crippen LogP contribution in [0, 0.1) is 5.92 Å². The third kappa shape index (κ3) is 5.07. The molecule has 1 aromatic carbocycles. The molecule has 2 atom stereocenters. The van der Waals surface area contributed by atoms with Crippen LogP contribution >= 0.6 is 0 Å². The van der Waals surface area contributed by atoms with Crippen molar-refractivity contribution in [3.63, 3.8) is 0 Å². The van der Waals surface area contributed by atoms with Gasteiger partial charge in [-0.1, -0.05) is 37.5 Å². The summed E-state index contributed by atoms with van der Waals surface area (Å²) in [5.74, 6) is 0.107. The Bertz CT molecular complexity index is 599. The second kappa shape index (κ2) is 9.17. The maximum Gasteiger partial charge on any atom is 0.237 e. The monoisotopic (exact) mass is 357 g/mol. The van der Waals surface area contributed by atoms with E-state index < -0.39 is 0 Å². The molecule has 2 aliphatic rings. The second-order valence-corrected chi connectivity index (χ2v) is 7.71. The van der Waals surface area contributed by atoms with E-state index in [9.17, 15) is 9.59 Å². The molecule has 5 heteroatoms. The highest BCUT2D eigenvalue weighted by molar-refractivity contribution is 5.92. The SMILES string of the molecule is C[C@H](C(=O)NC1CCCCC1)N1CCC[C@@H](C(=O)Nc2ccccc2)C1. The van der Waals surface area contributed by atoms with Crippen molar-refractivity contribution in [1.82, 2.24) is 10.2 Å². The van der Waals surface area contributed by atoms with Crippen molar-refractivity contribution in [3.8, 4) is 0 Å². The molecule has 2 fully saturated rings. The van der Waals surface area contributed by atoms with Gasteiger partial charge >= 0.3 is 0 Å². The van der Waals surface area contributed by atoms with Crippen LogP contribution < -0.4 is 10.6 Å². The van der Waals surface area contributed by atoms with E-state index in [0.29, 0.717) is 12.6 Å². The number of hydrogen-bond donors (Lipinski definition) is 2. The number of carbonyl (C=O) groups excluding carboxylic acids is 2. The number of carbonyl (C=O) groups is 2. The lowest BCUT2D eigenvalue weighted by molar-refractivity contribution is -0.129. The summed E-state index contributed by atoms with van der Waals surface area (Å²) in [5.41, 5.74) is 0.831. The van der Waals surface area contributed by atoms with Gasteiger partial charge in [0, 0.05) is 18.3 Å². The molecule has 0 bridgehead atoms. The molecule has 1 aliphatic heterocycles. The molecule has 3 rings (SSSR count). The van der Waals surface area contributed by atoms with Crippen LogP contribution in [0.5, 0.6) is 0 Å². The average Bonchev–Trinajstić information content (AvgIpc) is 2.69. The molecular formula is C21H31N3O2. The lowest BCUT2D eigenvalue weighted by atomic mass is 9.94. The summed E-state index contributed by atoms with van der Waals surface area (Å²) in [5, 5.41) is 6.22. The molecule has 1 aliphatic carbocycles. The highest BCUT2D eigenvalue weighted by atomic mass is 16.2. The molecule has 0 aromatic heterocycles. The zero-order valence-electron chi connectivity index (χ0n) is 15.7. The Balaban J connectivity index is 1.51. The van der Waals surface area contributed by atoms with Crippen molar-refractivity contribution >= 4 is 17.5 Å². The van der Waals surface area contributed by atoms with Crippen molar-refractivity contribution in [2.75, 3.05) is 18.4 Å². The van der Waals surface area contributed by atoms with Gasteiger partial charge in [-0.25, -0.2) is 0 Å². The minimum absolute atomic E-state index is 0.0563. The molecule has 5 nitrogen and oxygen atoms in total. The summed E-state index contributed by atoms with van der Waals surface area (Å²) in [7, 11) is 0. The van der Waals surface area contributed by atoms with Gasteiger partial charge in [0.05, 0.1) is 12.0 Å². The van der Waals surface area contributed by atoms with Crippen LogP contribution in [0.4, 0.5) is 5.69 Å². The van der Waals surface area contributed by atoms with Crippen LogP contribution in [0.3, 0.4) is 0 Å². The van der Waals surface area contributed by atoms with Gasteiger partial charge in [-0.05, 0) is 51.3 Å². The van der Waals surface area contributed by atoms with Gasteiger partial charge < -0.3 is 10.6 Å². The van der Waals surface area contributed by atoms with E-state index in [2.05, 4.69) is 15.5 Å². The maximum absolute atomic E-state index is 12.6. The van der Waals surface area contributed by atoms with Crippen LogP contribution in [0.2, 0.25) is 0 Å². The molecule has 1 aromatic rings. The zero-order chi connectivity index (χ0) is 18.4. The number of rotatable bonds is 5. The molecule has 1 heterocycles. The molecule has 142 valence electrons. The minimum Gasteiger partial charge on any atom is -0.352 e. The third-order valence-electron chi connectivity index (χ3n) is 5.74. The molecule has 0 spiro atoms. The summed E-state index contributed by atoms with van der Waals surface area (Å²) in [4.78, 5) is 27.4. The van der Waals surface area contributed by atoms with Gasteiger partial charge in [0.2, 0.25) is 11.8 Å². The summed E-state index contributed by atoms with van der Waals surface area (Å²) in [6.07, 6.45) is 7.74. The van der Waals surface area contributed by atoms with Crippen molar-refractivity contribution in [3.05, 3.63) is 30.3 Å². The van der Waals surface area contributed by atoms with Crippen LogP contribution in [0.15, 0.2) is 30.3 Å². The number of piperidine rings is 1. The first-order valence-electron chi connectivity index (χ1n) is 10.0. The molecule has 1 saturated carbocycles. The van der Waals surface area contributed by atoms with E-state index in [-0.39, 0.29) is 23.8 Å².